The van der Waals surface area contributed by atoms with Gasteiger partial charge in [0.15, 0.2) is 0 Å². The van der Waals surface area contributed by atoms with Crippen molar-refractivity contribution in [1.82, 2.24) is 4.98 Å². The van der Waals surface area contributed by atoms with Gasteiger partial charge in [0.1, 0.15) is 0 Å². The van der Waals surface area contributed by atoms with E-state index in [1.54, 1.807) is 6.20 Å². The number of hydrogen-bond donors (Lipinski definition) is 1. The van der Waals surface area contributed by atoms with Crippen LogP contribution in [0.15, 0.2) is 22.8 Å². The van der Waals surface area contributed by atoms with Crippen molar-refractivity contribution in [3.63, 3.8) is 0 Å². The number of aliphatic hydroxyl groups is 1. The van der Waals surface area contributed by atoms with Gasteiger partial charge in [0.2, 0.25) is 0 Å². The van der Waals surface area contributed by atoms with Crippen molar-refractivity contribution < 1.29 is 5.11 Å². The van der Waals surface area contributed by atoms with E-state index in [-0.39, 0.29) is 6.10 Å². The molecule has 1 atom stereocenters. The summed E-state index contributed by atoms with van der Waals surface area (Å²) in [6.07, 6.45) is 4.12. The molecule has 2 nitrogen and oxygen atoms in total. The van der Waals surface area contributed by atoms with Gasteiger partial charge < -0.3 is 5.11 Å². The minimum Gasteiger partial charge on any atom is -0.393 e. The second-order valence-corrected chi connectivity index (χ2v) is 5.21. The Balaban J connectivity index is 2.33. The smallest absolute Gasteiger partial charge is 0.0546 e. The van der Waals surface area contributed by atoms with E-state index < -0.39 is 0 Å². The fourth-order valence-electron chi connectivity index (χ4n) is 1.53. The zero-order valence-corrected chi connectivity index (χ0v) is 10.9. The number of aryl methyl sites for hydroxylation is 1. The number of pyridine rings is 1. The molecule has 0 amide bonds. The van der Waals surface area contributed by atoms with Crippen molar-refractivity contribution in [2.45, 2.75) is 39.2 Å². The Morgan fingerprint density at radius 2 is 2.13 bits per heavy atom. The third-order valence-electron chi connectivity index (χ3n) is 2.27. The number of halogens is 1. The van der Waals surface area contributed by atoms with Crippen LogP contribution < -0.4 is 0 Å². The van der Waals surface area contributed by atoms with E-state index in [0.29, 0.717) is 5.92 Å². The van der Waals surface area contributed by atoms with Crippen LogP contribution in [0.4, 0.5) is 0 Å². The molecular weight excluding hydrogens is 254 g/mol. The maximum absolute atomic E-state index is 9.70. The minimum atomic E-state index is -0.199. The first-order valence-electron chi connectivity index (χ1n) is 5.36. The van der Waals surface area contributed by atoms with Crippen molar-refractivity contribution in [3.05, 3.63) is 28.5 Å². The van der Waals surface area contributed by atoms with Gasteiger partial charge in [-0.05, 0) is 53.2 Å². The SMILES string of the molecule is CC(C)CC(O)CCc1ccc(Br)cn1. The summed E-state index contributed by atoms with van der Waals surface area (Å²) in [6, 6.07) is 3.98. The third-order valence-corrected chi connectivity index (χ3v) is 2.73. The Kier molecular flexibility index (Phi) is 5.26. The number of aromatic nitrogens is 1. The second kappa shape index (κ2) is 6.23. The molecule has 0 radical (unpaired) electrons. The predicted molar refractivity (Wildman–Crippen MR) is 65.7 cm³/mol. The fraction of sp³-hybridized carbons (Fsp3) is 0.583. The average molecular weight is 272 g/mol. The Bertz CT molecular complexity index is 284. The summed E-state index contributed by atoms with van der Waals surface area (Å²) in [5.41, 5.74) is 1.04. The summed E-state index contributed by atoms with van der Waals surface area (Å²) in [6.45, 7) is 4.25. The van der Waals surface area contributed by atoms with Crippen LogP contribution in [0.25, 0.3) is 0 Å². The van der Waals surface area contributed by atoms with Gasteiger partial charge in [-0.25, -0.2) is 0 Å². The molecule has 1 aromatic heterocycles. The molecule has 0 fully saturated rings. The van der Waals surface area contributed by atoms with Crippen LogP contribution in [0.1, 0.15) is 32.4 Å². The molecule has 1 aromatic rings. The fourth-order valence-corrected chi connectivity index (χ4v) is 1.77. The van der Waals surface area contributed by atoms with Gasteiger partial charge in [-0.2, -0.15) is 0 Å². The largest absolute Gasteiger partial charge is 0.393 e. The highest BCUT2D eigenvalue weighted by atomic mass is 79.9. The van der Waals surface area contributed by atoms with Crippen molar-refractivity contribution >= 4 is 15.9 Å². The van der Waals surface area contributed by atoms with Crippen LogP contribution in [0, 0.1) is 5.92 Å². The Hall–Kier alpha value is -0.410. The van der Waals surface area contributed by atoms with Crippen LogP contribution >= 0.6 is 15.9 Å². The molecule has 1 heterocycles. The first-order chi connectivity index (χ1) is 7.08. The van der Waals surface area contributed by atoms with E-state index in [9.17, 15) is 5.11 Å². The average Bonchev–Trinajstić information content (AvgIpc) is 2.16. The molecule has 0 bridgehead atoms. The van der Waals surface area contributed by atoms with Gasteiger partial charge in [0.05, 0.1) is 6.10 Å². The standard InChI is InChI=1S/C12H18BrNO/c1-9(2)7-12(15)6-5-11-4-3-10(13)8-14-11/h3-4,8-9,12,15H,5-7H2,1-2H3. The highest BCUT2D eigenvalue weighted by molar-refractivity contribution is 9.10. The summed E-state index contributed by atoms with van der Waals surface area (Å²) in [7, 11) is 0. The first kappa shape index (κ1) is 12.7. The molecule has 1 unspecified atom stereocenters. The summed E-state index contributed by atoms with van der Waals surface area (Å²) >= 11 is 3.35. The Morgan fingerprint density at radius 3 is 2.67 bits per heavy atom. The zero-order chi connectivity index (χ0) is 11.3. The lowest BCUT2D eigenvalue weighted by atomic mass is 10.0. The van der Waals surface area contributed by atoms with E-state index in [4.69, 9.17) is 0 Å². The van der Waals surface area contributed by atoms with Crippen LogP contribution in [-0.2, 0) is 6.42 Å². The Morgan fingerprint density at radius 1 is 1.40 bits per heavy atom. The molecule has 0 spiro atoms. The third kappa shape index (κ3) is 5.28. The van der Waals surface area contributed by atoms with E-state index >= 15 is 0 Å². The number of hydrogen-bond acceptors (Lipinski definition) is 2. The van der Waals surface area contributed by atoms with Crippen molar-refractivity contribution in [1.29, 1.82) is 0 Å². The topological polar surface area (TPSA) is 33.1 Å². The number of nitrogens with zero attached hydrogens (tertiary/aromatic N) is 1. The van der Waals surface area contributed by atoms with Gasteiger partial charge in [-0.3, -0.25) is 4.98 Å². The van der Waals surface area contributed by atoms with Crippen LogP contribution in [-0.4, -0.2) is 16.2 Å². The Labute approximate surface area is 99.9 Å². The van der Waals surface area contributed by atoms with Crippen LogP contribution in [0.2, 0.25) is 0 Å². The summed E-state index contributed by atoms with van der Waals surface area (Å²) < 4.78 is 0.994. The molecule has 0 aliphatic rings. The molecule has 1 rings (SSSR count). The highest BCUT2D eigenvalue weighted by Crippen LogP contribution is 2.12. The van der Waals surface area contributed by atoms with E-state index in [0.717, 1.165) is 29.4 Å². The maximum atomic E-state index is 9.70. The normalized spacial score (nSPS) is 13.1. The molecule has 0 saturated carbocycles. The summed E-state index contributed by atoms with van der Waals surface area (Å²) in [5.74, 6) is 0.554. The van der Waals surface area contributed by atoms with E-state index in [2.05, 4.69) is 34.8 Å². The predicted octanol–water partition coefficient (Wildman–Crippen LogP) is 3.18. The molecule has 3 heteroatoms. The molecule has 0 aliphatic carbocycles. The van der Waals surface area contributed by atoms with Crippen LogP contribution in [0.3, 0.4) is 0 Å². The molecular formula is C12H18BrNO. The van der Waals surface area contributed by atoms with Crippen molar-refractivity contribution in [3.8, 4) is 0 Å². The lowest BCUT2D eigenvalue weighted by molar-refractivity contribution is 0.139. The molecule has 0 aliphatic heterocycles. The lowest BCUT2D eigenvalue weighted by Crippen LogP contribution is -2.11. The number of aliphatic hydroxyl groups excluding tert-OH is 1. The zero-order valence-electron chi connectivity index (χ0n) is 9.28. The van der Waals surface area contributed by atoms with Crippen molar-refractivity contribution in [2.75, 3.05) is 0 Å². The molecule has 1 N–H and O–H groups in total. The van der Waals surface area contributed by atoms with Gasteiger partial charge in [0, 0.05) is 16.4 Å². The first-order valence-corrected chi connectivity index (χ1v) is 6.15. The lowest BCUT2D eigenvalue weighted by Gasteiger charge is -2.12. The second-order valence-electron chi connectivity index (χ2n) is 4.29. The minimum absolute atomic E-state index is 0.199. The van der Waals surface area contributed by atoms with Crippen LogP contribution in [0.5, 0.6) is 0 Å². The van der Waals surface area contributed by atoms with E-state index in [1.807, 2.05) is 12.1 Å². The van der Waals surface area contributed by atoms with Gasteiger partial charge >= 0.3 is 0 Å². The summed E-state index contributed by atoms with van der Waals surface area (Å²) in [5, 5.41) is 9.70. The molecule has 0 saturated heterocycles. The highest BCUT2D eigenvalue weighted by Gasteiger charge is 2.07. The molecule has 15 heavy (non-hydrogen) atoms. The van der Waals surface area contributed by atoms with Gasteiger partial charge in [-0.1, -0.05) is 13.8 Å². The van der Waals surface area contributed by atoms with Gasteiger partial charge in [0.25, 0.3) is 0 Å². The van der Waals surface area contributed by atoms with Gasteiger partial charge in [-0.15, -0.1) is 0 Å². The molecule has 0 aromatic carbocycles. The summed E-state index contributed by atoms with van der Waals surface area (Å²) in [4.78, 5) is 4.27. The number of rotatable bonds is 5. The van der Waals surface area contributed by atoms with E-state index in [1.165, 1.54) is 0 Å². The van der Waals surface area contributed by atoms with Crippen molar-refractivity contribution in [2.24, 2.45) is 5.92 Å². The quantitative estimate of drug-likeness (QED) is 0.893. The monoisotopic (exact) mass is 271 g/mol. The molecule has 84 valence electrons. The maximum Gasteiger partial charge on any atom is 0.0546 e.